The minimum absolute atomic E-state index is 0.323. The Labute approximate surface area is 216 Å². The van der Waals surface area contributed by atoms with Gasteiger partial charge in [0.1, 0.15) is 11.7 Å². The van der Waals surface area contributed by atoms with E-state index in [1.807, 2.05) is 62.4 Å². The molecule has 0 N–H and O–H groups in total. The van der Waals surface area contributed by atoms with Crippen molar-refractivity contribution in [3.8, 4) is 17.2 Å². The van der Waals surface area contributed by atoms with Crippen LogP contribution in [-0.4, -0.2) is 38.2 Å². The number of hydroxylamine groups is 1. The third-order valence-electron chi connectivity index (χ3n) is 6.51. The van der Waals surface area contributed by atoms with Gasteiger partial charge in [-0.1, -0.05) is 37.3 Å². The molecule has 0 radical (unpaired) electrons. The van der Waals surface area contributed by atoms with Crippen LogP contribution < -0.4 is 24.2 Å². The summed E-state index contributed by atoms with van der Waals surface area (Å²) < 4.78 is 17.1. The molecule has 0 bridgehead atoms. The molecule has 8 heteroatoms. The van der Waals surface area contributed by atoms with Crippen LogP contribution in [0.2, 0.25) is 0 Å². The maximum Gasteiger partial charge on any atom is 0.266 e. The fourth-order valence-corrected chi connectivity index (χ4v) is 4.86. The largest absolute Gasteiger partial charge is 0.497 e. The number of rotatable bonds is 9. The number of carbonyl (C=O) groups excluding carboxylic acids is 2. The van der Waals surface area contributed by atoms with Gasteiger partial charge in [-0.25, -0.2) is 9.96 Å². The van der Waals surface area contributed by atoms with E-state index in [2.05, 4.69) is 0 Å². The van der Waals surface area contributed by atoms with Gasteiger partial charge < -0.3 is 14.2 Å². The first kappa shape index (κ1) is 24.6. The highest BCUT2D eigenvalue weighted by molar-refractivity contribution is 6.24. The van der Waals surface area contributed by atoms with Gasteiger partial charge in [0.25, 0.3) is 5.91 Å². The Morgan fingerprint density at radius 3 is 2.35 bits per heavy atom. The van der Waals surface area contributed by atoms with Crippen LogP contribution in [0.4, 0.5) is 11.4 Å². The summed E-state index contributed by atoms with van der Waals surface area (Å²) >= 11 is 0. The quantitative estimate of drug-likeness (QED) is 0.384. The lowest BCUT2D eigenvalue weighted by molar-refractivity contribution is -0.126. The van der Waals surface area contributed by atoms with E-state index in [4.69, 9.17) is 19.0 Å². The molecule has 2 heterocycles. The highest BCUT2D eigenvalue weighted by Gasteiger charge is 2.60. The molecule has 2 amide bonds. The second kappa shape index (κ2) is 10.5. The number of anilines is 2. The second-order valence-electron chi connectivity index (χ2n) is 8.86. The SMILES string of the molecule is CCCOc1ccc([C@H]2[C@H]3C(=O)N(c4cccc(OC)c4)C(=O)[C@@H]3ON2c2ccccc2)cc1OCC. The van der Waals surface area contributed by atoms with Crippen molar-refractivity contribution < 1.29 is 28.6 Å². The number of hydrogen-bond acceptors (Lipinski definition) is 7. The number of imide groups is 1. The Balaban J connectivity index is 1.57. The Kier molecular flexibility index (Phi) is 7.01. The number of nitrogens with zero attached hydrogens (tertiary/aromatic N) is 2. The van der Waals surface area contributed by atoms with Crippen molar-refractivity contribution >= 4 is 23.2 Å². The number of ether oxygens (including phenoxy) is 3. The Morgan fingerprint density at radius 2 is 1.62 bits per heavy atom. The number of methoxy groups -OCH3 is 1. The first-order valence-corrected chi connectivity index (χ1v) is 12.5. The van der Waals surface area contributed by atoms with E-state index in [-0.39, 0.29) is 5.91 Å². The minimum atomic E-state index is -0.963. The fraction of sp³-hybridized carbons (Fsp3) is 0.310. The van der Waals surface area contributed by atoms with Crippen molar-refractivity contribution in [1.29, 1.82) is 0 Å². The molecule has 0 aliphatic carbocycles. The molecule has 0 unspecified atom stereocenters. The zero-order valence-electron chi connectivity index (χ0n) is 21.1. The molecule has 8 nitrogen and oxygen atoms in total. The van der Waals surface area contributed by atoms with Gasteiger partial charge >= 0.3 is 0 Å². The third-order valence-corrected chi connectivity index (χ3v) is 6.51. The number of hydrogen-bond donors (Lipinski definition) is 0. The van der Waals surface area contributed by atoms with Crippen LogP contribution in [0.1, 0.15) is 31.9 Å². The van der Waals surface area contributed by atoms with E-state index < -0.39 is 24.0 Å². The lowest BCUT2D eigenvalue weighted by atomic mass is 9.90. The smallest absolute Gasteiger partial charge is 0.266 e. The lowest BCUT2D eigenvalue weighted by Crippen LogP contribution is -2.37. The molecule has 192 valence electrons. The summed E-state index contributed by atoms with van der Waals surface area (Å²) in [5.74, 6) is 0.307. The van der Waals surface area contributed by atoms with E-state index in [1.165, 1.54) is 4.90 Å². The van der Waals surface area contributed by atoms with Gasteiger partial charge in [0.15, 0.2) is 17.6 Å². The van der Waals surface area contributed by atoms with Crippen molar-refractivity contribution in [1.82, 2.24) is 0 Å². The third kappa shape index (κ3) is 4.49. The van der Waals surface area contributed by atoms with Crippen molar-refractivity contribution in [2.75, 3.05) is 30.3 Å². The fourth-order valence-electron chi connectivity index (χ4n) is 4.86. The minimum Gasteiger partial charge on any atom is -0.497 e. The maximum atomic E-state index is 13.9. The summed E-state index contributed by atoms with van der Waals surface area (Å²) in [6, 6.07) is 21.5. The predicted octanol–water partition coefficient (Wildman–Crippen LogP) is 4.93. The van der Waals surface area contributed by atoms with E-state index >= 15 is 0 Å². The number of carbonyl (C=O) groups is 2. The van der Waals surface area contributed by atoms with Gasteiger partial charge in [-0.2, -0.15) is 0 Å². The highest BCUT2D eigenvalue weighted by Crippen LogP contribution is 2.49. The molecule has 5 rings (SSSR count). The molecule has 3 aromatic carbocycles. The molecule has 2 saturated heterocycles. The average molecular weight is 503 g/mol. The molecule has 37 heavy (non-hydrogen) atoms. The lowest BCUT2D eigenvalue weighted by Gasteiger charge is -2.29. The van der Waals surface area contributed by atoms with Gasteiger partial charge in [0.2, 0.25) is 5.91 Å². The predicted molar refractivity (Wildman–Crippen MR) is 139 cm³/mol. The second-order valence-corrected chi connectivity index (χ2v) is 8.86. The zero-order chi connectivity index (χ0) is 25.9. The van der Waals surface area contributed by atoms with Crippen LogP contribution in [0.5, 0.6) is 17.2 Å². The van der Waals surface area contributed by atoms with Crippen LogP contribution in [0.25, 0.3) is 0 Å². The summed E-state index contributed by atoms with van der Waals surface area (Å²) in [4.78, 5) is 34.9. The normalized spacial score (nSPS) is 20.8. The number of para-hydroxylation sites is 1. The van der Waals surface area contributed by atoms with E-state index in [1.54, 1.807) is 36.4 Å². The molecule has 2 aliphatic rings. The van der Waals surface area contributed by atoms with E-state index in [0.717, 1.165) is 17.7 Å². The first-order chi connectivity index (χ1) is 18.1. The number of fused-ring (bicyclic) bond motifs is 1. The van der Waals surface area contributed by atoms with Crippen LogP contribution in [0.3, 0.4) is 0 Å². The van der Waals surface area contributed by atoms with E-state index in [9.17, 15) is 9.59 Å². The summed E-state index contributed by atoms with van der Waals surface area (Å²) in [6.45, 7) is 4.98. The van der Waals surface area contributed by atoms with Gasteiger partial charge in [0.05, 0.1) is 37.7 Å². The first-order valence-electron chi connectivity index (χ1n) is 12.5. The van der Waals surface area contributed by atoms with Gasteiger partial charge in [0, 0.05) is 6.07 Å². The number of amides is 2. The monoisotopic (exact) mass is 502 g/mol. The summed E-state index contributed by atoms with van der Waals surface area (Å²) in [5.41, 5.74) is 1.99. The summed E-state index contributed by atoms with van der Waals surface area (Å²) in [6.07, 6.45) is -0.0954. The van der Waals surface area contributed by atoms with Gasteiger partial charge in [-0.15, -0.1) is 0 Å². The average Bonchev–Trinajstić information content (AvgIpc) is 3.44. The summed E-state index contributed by atoms with van der Waals surface area (Å²) in [5, 5.41) is 1.67. The molecular weight excluding hydrogens is 472 g/mol. The maximum absolute atomic E-state index is 13.9. The van der Waals surface area contributed by atoms with Gasteiger partial charge in [-0.3, -0.25) is 14.4 Å². The number of benzene rings is 3. The van der Waals surface area contributed by atoms with Crippen molar-refractivity contribution in [3.63, 3.8) is 0 Å². The molecule has 3 atom stereocenters. The summed E-state index contributed by atoms with van der Waals surface area (Å²) in [7, 11) is 1.54. The zero-order valence-corrected chi connectivity index (χ0v) is 21.1. The topological polar surface area (TPSA) is 77.5 Å². The van der Waals surface area contributed by atoms with Gasteiger partial charge in [-0.05, 0) is 55.3 Å². The van der Waals surface area contributed by atoms with Crippen LogP contribution >= 0.6 is 0 Å². The van der Waals surface area contributed by atoms with E-state index in [0.29, 0.717) is 36.1 Å². The molecule has 2 fully saturated rings. The van der Waals surface area contributed by atoms with Crippen LogP contribution in [-0.2, 0) is 14.4 Å². The Bertz CT molecular complexity index is 1280. The molecule has 2 aliphatic heterocycles. The Morgan fingerprint density at radius 1 is 0.838 bits per heavy atom. The van der Waals surface area contributed by atoms with Crippen molar-refractivity contribution in [2.45, 2.75) is 32.4 Å². The molecular formula is C29H30N2O6. The van der Waals surface area contributed by atoms with Crippen LogP contribution in [0.15, 0.2) is 72.8 Å². The van der Waals surface area contributed by atoms with Crippen LogP contribution in [0, 0.1) is 5.92 Å². The molecule has 0 spiro atoms. The molecule has 0 saturated carbocycles. The Hall–Kier alpha value is -4.04. The standard InChI is InChI=1S/C29H30N2O6/c1-4-16-36-23-15-14-19(17-24(23)35-5-2)26-25-27(37-31(26)20-10-7-6-8-11-20)29(33)30(28(25)32)21-12-9-13-22(18-21)34-3/h6-15,17-18,25-27H,4-5,16H2,1-3H3/t25-,26+,27-/m1/s1. The molecule has 0 aromatic heterocycles. The highest BCUT2D eigenvalue weighted by atomic mass is 16.7. The van der Waals surface area contributed by atoms with Crippen molar-refractivity contribution in [2.24, 2.45) is 5.92 Å². The van der Waals surface area contributed by atoms with Crippen molar-refractivity contribution in [3.05, 3.63) is 78.4 Å². The molecule has 3 aromatic rings.